The van der Waals surface area contributed by atoms with Crippen LogP contribution in [0.25, 0.3) is 10.9 Å². The Balaban J connectivity index is 2.20. The van der Waals surface area contributed by atoms with Gasteiger partial charge in [0, 0.05) is 23.0 Å². The number of aromatic nitrogens is 1. The van der Waals surface area contributed by atoms with Crippen LogP contribution in [-0.4, -0.2) is 27.1 Å². The maximum absolute atomic E-state index is 11.3. The van der Waals surface area contributed by atoms with E-state index in [0.29, 0.717) is 0 Å². The highest BCUT2D eigenvalue weighted by atomic mass is 16.4. The number of para-hydroxylation sites is 1. The fourth-order valence-corrected chi connectivity index (χ4v) is 2.81. The van der Waals surface area contributed by atoms with Crippen molar-refractivity contribution in [2.24, 2.45) is 5.29 Å². The van der Waals surface area contributed by atoms with Crippen molar-refractivity contribution >= 4 is 16.9 Å². The van der Waals surface area contributed by atoms with Crippen LogP contribution in [0.4, 0.5) is 0 Å². The van der Waals surface area contributed by atoms with Crippen LogP contribution in [0.2, 0.25) is 0 Å². The van der Waals surface area contributed by atoms with Crippen molar-refractivity contribution in [1.29, 1.82) is 0 Å². The minimum atomic E-state index is -1.03. The fraction of sp³-hybridized carbons (Fsp3) is 0.308. The van der Waals surface area contributed by atoms with Crippen molar-refractivity contribution in [2.75, 3.05) is 0 Å². The molecule has 2 unspecified atom stereocenters. The first-order valence-corrected chi connectivity index (χ1v) is 6.07. The second-order valence-electron chi connectivity index (χ2n) is 4.76. The first kappa shape index (κ1) is 11.7. The minimum absolute atomic E-state index is 0.282. The van der Waals surface area contributed by atoms with Gasteiger partial charge in [0.15, 0.2) is 6.04 Å². The summed E-state index contributed by atoms with van der Waals surface area (Å²) >= 11 is 0. The zero-order valence-corrected chi connectivity index (χ0v) is 10.3. The number of aromatic amines is 1. The van der Waals surface area contributed by atoms with Crippen molar-refractivity contribution in [2.45, 2.75) is 25.4 Å². The van der Waals surface area contributed by atoms with Gasteiger partial charge in [-0.25, -0.2) is 9.80 Å². The topological polar surface area (TPSA) is 85.8 Å². The van der Waals surface area contributed by atoms with Gasteiger partial charge in [0.25, 0.3) is 0 Å². The molecule has 6 heteroatoms. The average Bonchev–Trinajstić information content (AvgIpc) is 2.77. The first-order valence-electron chi connectivity index (χ1n) is 6.07. The third-order valence-corrected chi connectivity index (χ3v) is 3.76. The highest BCUT2D eigenvalue weighted by Crippen LogP contribution is 2.36. The fourth-order valence-electron chi connectivity index (χ4n) is 2.81. The molecule has 0 fully saturated rings. The van der Waals surface area contributed by atoms with Crippen molar-refractivity contribution in [3.05, 3.63) is 40.4 Å². The molecule has 0 spiro atoms. The molecule has 0 bridgehead atoms. The number of nitrogens with one attached hydrogen (secondary N) is 1. The van der Waals surface area contributed by atoms with Crippen molar-refractivity contribution in [1.82, 2.24) is 9.99 Å². The third kappa shape index (κ3) is 1.60. The molecular formula is C13H13N3O3. The molecule has 0 amide bonds. The lowest BCUT2D eigenvalue weighted by Gasteiger charge is -2.33. The highest BCUT2D eigenvalue weighted by molar-refractivity contribution is 5.86. The quantitative estimate of drug-likeness (QED) is 0.810. The number of hydrogen-bond acceptors (Lipinski definition) is 3. The lowest BCUT2D eigenvalue weighted by molar-refractivity contribution is -0.144. The number of benzene rings is 1. The Morgan fingerprint density at radius 1 is 1.47 bits per heavy atom. The molecule has 1 aliphatic heterocycles. The summed E-state index contributed by atoms with van der Waals surface area (Å²) < 4.78 is 0. The number of carboxylic acids is 1. The van der Waals surface area contributed by atoms with E-state index in [1.165, 1.54) is 0 Å². The molecule has 1 aromatic heterocycles. The Morgan fingerprint density at radius 3 is 2.89 bits per heavy atom. The number of carbonyl (C=O) groups is 1. The van der Waals surface area contributed by atoms with Crippen molar-refractivity contribution in [3.63, 3.8) is 0 Å². The minimum Gasteiger partial charge on any atom is -0.480 e. The Morgan fingerprint density at radius 2 is 2.21 bits per heavy atom. The van der Waals surface area contributed by atoms with Crippen LogP contribution in [-0.2, 0) is 11.2 Å². The molecule has 2 aromatic rings. The zero-order chi connectivity index (χ0) is 13.6. The van der Waals surface area contributed by atoms with Gasteiger partial charge in [-0.05, 0) is 18.6 Å². The van der Waals surface area contributed by atoms with Crippen molar-refractivity contribution < 1.29 is 9.90 Å². The molecule has 0 radical (unpaired) electrons. The summed E-state index contributed by atoms with van der Waals surface area (Å²) in [6.07, 6.45) is 0.282. The van der Waals surface area contributed by atoms with Gasteiger partial charge in [-0.3, -0.25) is 0 Å². The second kappa shape index (κ2) is 4.08. The van der Waals surface area contributed by atoms with Crippen LogP contribution in [0, 0.1) is 4.91 Å². The second-order valence-corrected chi connectivity index (χ2v) is 4.76. The lowest BCUT2D eigenvalue weighted by Crippen LogP contribution is -2.44. The van der Waals surface area contributed by atoms with Gasteiger partial charge < -0.3 is 10.1 Å². The van der Waals surface area contributed by atoms with E-state index in [-0.39, 0.29) is 12.5 Å². The van der Waals surface area contributed by atoms with Crippen LogP contribution in [0.15, 0.2) is 29.6 Å². The number of H-pyrrole nitrogens is 1. The largest absolute Gasteiger partial charge is 0.480 e. The average molecular weight is 259 g/mol. The van der Waals surface area contributed by atoms with Gasteiger partial charge in [0.2, 0.25) is 0 Å². The maximum Gasteiger partial charge on any atom is 0.328 e. The first-order chi connectivity index (χ1) is 9.13. The molecule has 2 heterocycles. The van der Waals surface area contributed by atoms with Gasteiger partial charge >= 0.3 is 5.97 Å². The number of nitroso groups, excluding NO2 is 1. The van der Waals surface area contributed by atoms with E-state index in [4.69, 9.17) is 0 Å². The van der Waals surface area contributed by atoms with Crippen LogP contribution in [0.3, 0.4) is 0 Å². The highest BCUT2D eigenvalue weighted by Gasteiger charge is 2.38. The van der Waals surface area contributed by atoms with E-state index in [1.54, 1.807) is 6.92 Å². The van der Waals surface area contributed by atoms with E-state index >= 15 is 0 Å². The Labute approximate surface area is 109 Å². The number of hydrogen-bond donors (Lipinski definition) is 2. The van der Waals surface area contributed by atoms with E-state index < -0.39 is 12.0 Å². The van der Waals surface area contributed by atoms with E-state index in [9.17, 15) is 14.8 Å². The maximum atomic E-state index is 11.3. The molecule has 6 nitrogen and oxygen atoms in total. The normalized spacial score (nSPS) is 22.3. The number of carboxylic acid groups (broad SMARTS) is 1. The van der Waals surface area contributed by atoms with Crippen molar-refractivity contribution in [3.8, 4) is 0 Å². The summed E-state index contributed by atoms with van der Waals surface area (Å²) in [4.78, 5) is 25.5. The summed E-state index contributed by atoms with van der Waals surface area (Å²) in [6.45, 7) is 1.78. The molecule has 1 aliphatic rings. The lowest BCUT2D eigenvalue weighted by atomic mass is 9.94. The number of rotatable bonds is 2. The van der Waals surface area contributed by atoms with Gasteiger partial charge in [0.1, 0.15) is 0 Å². The molecule has 0 saturated heterocycles. The summed E-state index contributed by atoms with van der Waals surface area (Å²) in [7, 11) is 0. The number of fused-ring (bicyclic) bond motifs is 3. The molecular weight excluding hydrogens is 246 g/mol. The van der Waals surface area contributed by atoms with E-state index in [2.05, 4.69) is 10.3 Å². The van der Waals surface area contributed by atoms with Gasteiger partial charge in [-0.2, -0.15) is 0 Å². The molecule has 3 rings (SSSR count). The van der Waals surface area contributed by atoms with Crippen LogP contribution in [0.1, 0.15) is 24.2 Å². The van der Waals surface area contributed by atoms with Gasteiger partial charge in [-0.15, -0.1) is 4.91 Å². The third-order valence-electron chi connectivity index (χ3n) is 3.76. The SMILES string of the molecule is CC1c2[nH]c3ccccc3c2CC(C(=O)O)N1N=O. The monoisotopic (exact) mass is 259 g/mol. The van der Waals surface area contributed by atoms with Gasteiger partial charge in [-0.1, -0.05) is 18.2 Å². The standard InChI is InChI=1S/C13H13N3O3/c1-7-12-9(6-11(13(17)18)16(7)15-19)8-4-2-3-5-10(8)14-12/h2-5,7,11,14H,6H2,1H3,(H,17,18). The van der Waals surface area contributed by atoms with Crippen LogP contribution in [0.5, 0.6) is 0 Å². The van der Waals surface area contributed by atoms with Gasteiger partial charge in [0.05, 0.1) is 11.3 Å². The zero-order valence-electron chi connectivity index (χ0n) is 10.3. The smallest absolute Gasteiger partial charge is 0.328 e. The molecule has 0 saturated carbocycles. The number of aliphatic carboxylic acids is 1. The summed E-state index contributed by atoms with van der Waals surface area (Å²) in [5, 5.41) is 14.3. The molecule has 1 aromatic carbocycles. The molecule has 98 valence electrons. The predicted molar refractivity (Wildman–Crippen MR) is 69.5 cm³/mol. The molecule has 0 aliphatic carbocycles. The van der Waals surface area contributed by atoms with E-state index in [0.717, 1.165) is 27.2 Å². The summed E-state index contributed by atoms with van der Waals surface area (Å²) in [6, 6.07) is 6.46. The predicted octanol–water partition coefficient (Wildman–Crippen LogP) is 2.22. The van der Waals surface area contributed by atoms with Crippen LogP contribution < -0.4 is 0 Å². The molecule has 2 atom stereocenters. The Hall–Kier alpha value is -2.37. The van der Waals surface area contributed by atoms with E-state index in [1.807, 2.05) is 24.3 Å². The Kier molecular flexibility index (Phi) is 2.51. The summed E-state index contributed by atoms with van der Waals surface area (Å²) in [5.41, 5.74) is 2.80. The Bertz CT molecular complexity index is 664. The molecule has 2 N–H and O–H groups in total. The number of nitrogens with zero attached hydrogens (tertiary/aromatic N) is 2. The summed E-state index contributed by atoms with van der Waals surface area (Å²) in [5.74, 6) is -1.03. The van der Waals surface area contributed by atoms with Crippen LogP contribution >= 0.6 is 0 Å². The molecule has 19 heavy (non-hydrogen) atoms.